The minimum absolute atomic E-state index is 0.0253. The van der Waals surface area contributed by atoms with Crippen molar-refractivity contribution < 1.29 is 4.79 Å². The molecule has 0 saturated carbocycles. The summed E-state index contributed by atoms with van der Waals surface area (Å²) >= 11 is 1.89. The molecule has 1 amide bonds. The van der Waals surface area contributed by atoms with Crippen LogP contribution in [0.3, 0.4) is 0 Å². The lowest BCUT2D eigenvalue weighted by Gasteiger charge is -2.11. The Bertz CT molecular complexity index is 360. The van der Waals surface area contributed by atoms with Crippen molar-refractivity contribution in [2.45, 2.75) is 12.5 Å². The summed E-state index contributed by atoms with van der Waals surface area (Å²) < 4.78 is 0. The molecule has 5 heteroatoms. The average Bonchev–Trinajstić information content (AvgIpc) is 2.82. The van der Waals surface area contributed by atoms with Crippen LogP contribution >= 0.6 is 11.8 Å². The molecule has 0 radical (unpaired) electrons. The Morgan fingerprint density at radius 2 is 2.44 bits per heavy atom. The van der Waals surface area contributed by atoms with Crippen molar-refractivity contribution in [2.24, 2.45) is 0 Å². The van der Waals surface area contributed by atoms with E-state index in [4.69, 9.17) is 0 Å². The first-order valence-electron chi connectivity index (χ1n) is 5.32. The zero-order valence-electron chi connectivity index (χ0n) is 9.19. The molecule has 0 aromatic carbocycles. The number of carbonyl (C=O) groups is 1. The van der Waals surface area contributed by atoms with E-state index >= 15 is 0 Å². The summed E-state index contributed by atoms with van der Waals surface area (Å²) in [5.41, 5.74) is 0.621. The first kappa shape index (κ1) is 11.3. The van der Waals surface area contributed by atoms with Crippen LogP contribution in [0.2, 0.25) is 0 Å². The van der Waals surface area contributed by atoms with Crippen LogP contribution in [0.4, 0.5) is 5.82 Å². The van der Waals surface area contributed by atoms with E-state index in [1.165, 1.54) is 0 Å². The summed E-state index contributed by atoms with van der Waals surface area (Å²) in [5, 5.41) is 5.93. The second-order valence-electron chi connectivity index (χ2n) is 3.72. The topological polar surface area (TPSA) is 54.0 Å². The number of hydrogen-bond acceptors (Lipinski definition) is 4. The number of aromatic nitrogens is 1. The van der Waals surface area contributed by atoms with Gasteiger partial charge in [-0.1, -0.05) is 0 Å². The molecule has 1 aromatic rings. The molecule has 1 aliphatic rings. The van der Waals surface area contributed by atoms with Gasteiger partial charge < -0.3 is 10.6 Å². The van der Waals surface area contributed by atoms with Crippen LogP contribution < -0.4 is 10.6 Å². The maximum absolute atomic E-state index is 11.8. The summed E-state index contributed by atoms with van der Waals surface area (Å²) in [5.74, 6) is 2.91. The van der Waals surface area contributed by atoms with Crippen LogP contribution in [0.25, 0.3) is 0 Å². The fraction of sp³-hybridized carbons (Fsp3) is 0.455. The summed E-state index contributed by atoms with van der Waals surface area (Å²) in [6.45, 7) is 0. The van der Waals surface area contributed by atoms with Gasteiger partial charge in [-0.25, -0.2) is 4.98 Å². The van der Waals surface area contributed by atoms with Crippen LogP contribution in [0.1, 0.15) is 16.8 Å². The smallest absolute Gasteiger partial charge is 0.253 e. The van der Waals surface area contributed by atoms with E-state index in [0.717, 1.165) is 23.7 Å². The highest BCUT2D eigenvalue weighted by Gasteiger charge is 2.18. The molecule has 1 fully saturated rings. The van der Waals surface area contributed by atoms with E-state index in [-0.39, 0.29) is 5.91 Å². The fourth-order valence-corrected chi connectivity index (χ4v) is 2.75. The molecule has 1 saturated heterocycles. The lowest BCUT2D eigenvalue weighted by molar-refractivity contribution is 0.0941. The van der Waals surface area contributed by atoms with Crippen LogP contribution in [-0.4, -0.2) is 35.5 Å². The van der Waals surface area contributed by atoms with Crippen LogP contribution in [0.15, 0.2) is 18.3 Å². The maximum atomic E-state index is 11.8. The molecular weight excluding hydrogens is 222 g/mol. The van der Waals surface area contributed by atoms with Gasteiger partial charge in [-0.15, -0.1) is 0 Å². The van der Waals surface area contributed by atoms with Gasteiger partial charge in [0, 0.05) is 25.0 Å². The molecule has 0 spiro atoms. The van der Waals surface area contributed by atoms with Crippen molar-refractivity contribution in [3.05, 3.63) is 23.9 Å². The number of rotatable bonds is 3. The fourth-order valence-electron chi connectivity index (χ4n) is 1.59. The van der Waals surface area contributed by atoms with Gasteiger partial charge in [-0.2, -0.15) is 11.8 Å². The van der Waals surface area contributed by atoms with Crippen molar-refractivity contribution in [1.29, 1.82) is 0 Å². The molecule has 2 N–H and O–H groups in total. The van der Waals surface area contributed by atoms with Crippen molar-refractivity contribution in [1.82, 2.24) is 10.3 Å². The lowest BCUT2D eigenvalue weighted by atomic mass is 10.2. The van der Waals surface area contributed by atoms with Gasteiger partial charge in [0.1, 0.15) is 5.82 Å². The SMILES string of the molecule is CNc1ccc(C(=O)NC2CCSC2)cn1. The van der Waals surface area contributed by atoms with Gasteiger partial charge in [0.2, 0.25) is 0 Å². The zero-order valence-corrected chi connectivity index (χ0v) is 10.0. The first-order chi connectivity index (χ1) is 7.79. The van der Waals surface area contributed by atoms with Crippen molar-refractivity contribution in [2.75, 3.05) is 23.9 Å². The molecule has 2 heterocycles. The second-order valence-corrected chi connectivity index (χ2v) is 4.87. The highest BCUT2D eigenvalue weighted by atomic mass is 32.2. The predicted molar refractivity (Wildman–Crippen MR) is 67.0 cm³/mol. The number of pyridine rings is 1. The number of nitrogens with zero attached hydrogens (tertiary/aromatic N) is 1. The van der Waals surface area contributed by atoms with Crippen molar-refractivity contribution >= 4 is 23.5 Å². The Balaban J connectivity index is 1.97. The monoisotopic (exact) mass is 237 g/mol. The molecule has 0 aliphatic carbocycles. The highest BCUT2D eigenvalue weighted by molar-refractivity contribution is 7.99. The number of anilines is 1. The highest BCUT2D eigenvalue weighted by Crippen LogP contribution is 2.17. The van der Waals surface area contributed by atoms with Gasteiger partial charge in [-0.3, -0.25) is 4.79 Å². The second kappa shape index (κ2) is 5.21. The van der Waals surface area contributed by atoms with E-state index < -0.39 is 0 Å². The third-order valence-electron chi connectivity index (χ3n) is 2.55. The third kappa shape index (κ3) is 2.66. The van der Waals surface area contributed by atoms with Gasteiger partial charge in [0.15, 0.2) is 0 Å². The first-order valence-corrected chi connectivity index (χ1v) is 6.47. The Morgan fingerprint density at radius 1 is 1.56 bits per heavy atom. The molecule has 1 aliphatic heterocycles. The Kier molecular flexibility index (Phi) is 3.66. The summed E-state index contributed by atoms with van der Waals surface area (Å²) in [4.78, 5) is 15.9. The van der Waals surface area contributed by atoms with Crippen LogP contribution in [0.5, 0.6) is 0 Å². The number of hydrogen-bond donors (Lipinski definition) is 2. The van der Waals surface area contributed by atoms with E-state index in [2.05, 4.69) is 15.6 Å². The van der Waals surface area contributed by atoms with E-state index in [0.29, 0.717) is 11.6 Å². The Hall–Kier alpha value is -1.23. The molecule has 1 aromatic heterocycles. The predicted octanol–water partition coefficient (Wildman–Crippen LogP) is 1.36. The van der Waals surface area contributed by atoms with Gasteiger partial charge in [-0.05, 0) is 24.3 Å². The maximum Gasteiger partial charge on any atom is 0.253 e. The van der Waals surface area contributed by atoms with E-state index in [9.17, 15) is 4.79 Å². The Labute approximate surface area is 99.2 Å². The van der Waals surface area contributed by atoms with Gasteiger partial charge in [0.25, 0.3) is 5.91 Å². The van der Waals surface area contributed by atoms with Gasteiger partial charge >= 0.3 is 0 Å². The quantitative estimate of drug-likeness (QED) is 0.833. The number of nitrogens with one attached hydrogen (secondary N) is 2. The minimum atomic E-state index is -0.0253. The number of thioether (sulfide) groups is 1. The molecule has 86 valence electrons. The minimum Gasteiger partial charge on any atom is -0.373 e. The molecular formula is C11H15N3OS. The van der Waals surface area contributed by atoms with Crippen LogP contribution in [0, 0.1) is 0 Å². The van der Waals surface area contributed by atoms with Crippen molar-refractivity contribution in [3.8, 4) is 0 Å². The lowest BCUT2D eigenvalue weighted by Crippen LogP contribution is -2.34. The molecule has 16 heavy (non-hydrogen) atoms. The summed E-state index contributed by atoms with van der Waals surface area (Å²) in [6, 6.07) is 3.91. The molecule has 4 nitrogen and oxygen atoms in total. The van der Waals surface area contributed by atoms with Gasteiger partial charge in [0.05, 0.1) is 5.56 Å². The largest absolute Gasteiger partial charge is 0.373 e. The van der Waals surface area contributed by atoms with E-state index in [1.54, 1.807) is 25.4 Å². The summed E-state index contributed by atoms with van der Waals surface area (Å²) in [6.07, 6.45) is 2.67. The zero-order chi connectivity index (χ0) is 11.4. The molecule has 2 rings (SSSR count). The van der Waals surface area contributed by atoms with E-state index in [1.807, 2.05) is 11.8 Å². The molecule has 0 bridgehead atoms. The number of carbonyl (C=O) groups excluding carboxylic acids is 1. The standard InChI is InChI=1S/C11H15N3OS/c1-12-10-3-2-8(6-13-10)11(15)14-9-4-5-16-7-9/h2-3,6,9H,4-5,7H2,1H3,(H,12,13)(H,14,15). The summed E-state index contributed by atoms with van der Waals surface area (Å²) in [7, 11) is 1.80. The van der Waals surface area contributed by atoms with Crippen molar-refractivity contribution in [3.63, 3.8) is 0 Å². The third-order valence-corrected chi connectivity index (χ3v) is 3.71. The normalized spacial score (nSPS) is 19.4. The molecule has 1 unspecified atom stereocenters. The number of amides is 1. The molecule has 1 atom stereocenters. The average molecular weight is 237 g/mol. The van der Waals surface area contributed by atoms with Crippen LogP contribution in [-0.2, 0) is 0 Å². The Morgan fingerprint density at radius 3 is 3.00 bits per heavy atom.